The minimum absolute atomic E-state index is 0.444. The van der Waals surface area contributed by atoms with Gasteiger partial charge in [-0.2, -0.15) is 0 Å². The Bertz CT molecular complexity index is 2020. The van der Waals surface area contributed by atoms with E-state index in [0.717, 1.165) is 5.02 Å². The molecule has 39 heavy (non-hydrogen) atoms. The van der Waals surface area contributed by atoms with Gasteiger partial charge in [0.1, 0.15) is 0 Å². The summed E-state index contributed by atoms with van der Waals surface area (Å²) in [5.41, 5.74) is 9.62. The summed E-state index contributed by atoms with van der Waals surface area (Å²) in [6.45, 7) is 0. The lowest BCUT2D eigenvalue weighted by atomic mass is 9.67. The predicted octanol–water partition coefficient (Wildman–Crippen LogP) is 10.7. The van der Waals surface area contributed by atoms with Crippen LogP contribution in [0.15, 0.2) is 140 Å². The van der Waals surface area contributed by atoms with Gasteiger partial charge in [0, 0.05) is 25.2 Å². The summed E-state index contributed by atoms with van der Waals surface area (Å²) in [4.78, 5) is 0. The lowest BCUT2D eigenvalue weighted by Gasteiger charge is -2.34. The van der Waals surface area contributed by atoms with Crippen molar-refractivity contribution in [1.29, 1.82) is 0 Å². The maximum absolute atomic E-state index is 6.66. The third-order valence-corrected chi connectivity index (χ3v) is 9.70. The molecule has 1 heterocycles. The smallest absolute Gasteiger partial charge is 0.0714 e. The molecule has 6 aromatic carbocycles. The van der Waals surface area contributed by atoms with Crippen LogP contribution in [0.2, 0.25) is 5.02 Å². The van der Waals surface area contributed by atoms with Gasteiger partial charge in [0.2, 0.25) is 0 Å². The molecule has 0 saturated heterocycles. The third kappa shape index (κ3) is 3.24. The first kappa shape index (κ1) is 22.8. The molecule has 184 valence electrons. The van der Waals surface area contributed by atoms with Gasteiger partial charge in [0.25, 0.3) is 0 Å². The Labute approximate surface area is 236 Å². The monoisotopic (exact) mass is 534 g/mol. The molecular formula is C37H23ClS. The zero-order valence-electron chi connectivity index (χ0n) is 21.1. The van der Waals surface area contributed by atoms with Crippen LogP contribution in [0.4, 0.5) is 0 Å². The fourth-order valence-electron chi connectivity index (χ4n) is 6.60. The van der Waals surface area contributed by atoms with Crippen molar-refractivity contribution in [2.75, 3.05) is 0 Å². The molecule has 0 saturated carbocycles. The molecule has 0 spiro atoms. The van der Waals surface area contributed by atoms with Gasteiger partial charge in [-0.15, -0.1) is 11.3 Å². The molecule has 7 aromatic rings. The molecule has 2 heteroatoms. The molecule has 1 aromatic heterocycles. The van der Waals surface area contributed by atoms with Crippen LogP contribution >= 0.6 is 22.9 Å². The van der Waals surface area contributed by atoms with E-state index in [-0.39, 0.29) is 0 Å². The lowest BCUT2D eigenvalue weighted by Crippen LogP contribution is -2.28. The number of thiophene rings is 1. The van der Waals surface area contributed by atoms with Crippen molar-refractivity contribution in [3.05, 3.63) is 167 Å². The Morgan fingerprint density at radius 3 is 2.03 bits per heavy atom. The molecule has 1 unspecified atom stereocenters. The second kappa shape index (κ2) is 8.68. The highest BCUT2D eigenvalue weighted by Crippen LogP contribution is 2.56. The van der Waals surface area contributed by atoms with Crippen molar-refractivity contribution in [2.45, 2.75) is 5.41 Å². The van der Waals surface area contributed by atoms with Gasteiger partial charge in [-0.25, -0.2) is 0 Å². The lowest BCUT2D eigenvalue weighted by molar-refractivity contribution is 0.768. The van der Waals surface area contributed by atoms with Crippen LogP contribution in [-0.2, 0) is 5.41 Å². The number of hydrogen-bond acceptors (Lipinski definition) is 1. The van der Waals surface area contributed by atoms with E-state index in [1.54, 1.807) is 0 Å². The summed E-state index contributed by atoms with van der Waals surface area (Å²) in [6.07, 6.45) is 0. The zero-order chi connectivity index (χ0) is 26.0. The summed E-state index contributed by atoms with van der Waals surface area (Å²) in [7, 11) is 0. The topological polar surface area (TPSA) is 0 Å². The van der Waals surface area contributed by atoms with E-state index < -0.39 is 5.41 Å². The molecule has 0 N–H and O–H groups in total. The van der Waals surface area contributed by atoms with Crippen molar-refractivity contribution in [3.8, 4) is 22.3 Å². The van der Waals surface area contributed by atoms with Gasteiger partial charge in [-0.1, -0.05) is 133 Å². The third-order valence-electron chi connectivity index (χ3n) is 8.25. The maximum Gasteiger partial charge on any atom is 0.0714 e. The maximum atomic E-state index is 6.66. The van der Waals surface area contributed by atoms with Gasteiger partial charge < -0.3 is 0 Å². The molecular weight excluding hydrogens is 512 g/mol. The second-order valence-corrected chi connectivity index (χ2v) is 11.7. The predicted molar refractivity (Wildman–Crippen MR) is 167 cm³/mol. The Kier molecular flexibility index (Phi) is 5.07. The van der Waals surface area contributed by atoms with Crippen LogP contribution in [0.25, 0.3) is 42.4 Å². The summed E-state index contributed by atoms with van der Waals surface area (Å²) in [5, 5.41) is 3.41. The Balaban J connectivity index is 1.37. The molecule has 0 fully saturated rings. The first-order chi connectivity index (χ1) is 19.2. The molecule has 0 aliphatic heterocycles. The summed E-state index contributed by atoms with van der Waals surface area (Å²) < 4.78 is 2.67. The van der Waals surface area contributed by atoms with Crippen molar-refractivity contribution in [1.82, 2.24) is 0 Å². The van der Waals surface area contributed by atoms with E-state index >= 15 is 0 Å². The Hall–Kier alpha value is -4.17. The average Bonchev–Trinajstić information content (AvgIpc) is 3.51. The van der Waals surface area contributed by atoms with E-state index in [0.29, 0.717) is 0 Å². The number of rotatable bonds is 3. The van der Waals surface area contributed by atoms with E-state index in [1.807, 2.05) is 17.4 Å². The van der Waals surface area contributed by atoms with E-state index in [4.69, 9.17) is 11.6 Å². The summed E-state index contributed by atoms with van der Waals surface area (Å²) in [5.74, 6) is 0. The quantitative estimate of drug-likeness (QED) is 0.211. The van der Waals surface area contributed by atoms with E-state index in [2.05, 4.69) is 133 Å². The highest BCUT2D eigenvalue weighted by molar-refractivity contribution is 7.26. The molecule has 0 nitrogen and oxygen atoms in total. The largest absolute Gasteiger partial charge is 0.135 e. The second-order valence-electron chi connectivity index (χ2n) is 10.2. The molecule has 1 aliphatic rings. The zero-order valence-corrected chi connectivity index (χ0v) is 22.6. The average molecular weight is 535 g/mol. The first-order valence-electron chi connectivity index (χ1n) is 13.2. The fraction of sp³-hybridized carbons (Fsp3) is 0.0270. The SMILES string of the molecule is Clc1ccc2c(c1)C(c1ccccc1)(c1ccc(-c3cccc4c3sc3ccccc34)cc1)c1ccccc1-2. The van der Waals surface area contributed by atoms with Crippen molar-refractivity contribution in [2.24, 2.45) is 0 Å². The highest BCUT2D eigenvalue weighted by Gasteiger charge is 2.46. The molecule has 8 rings (SSSR count). The van der Waals surface area contributed by atoms with Crippen molar-refractivity contribution in [3.63, 3.8) is 0 Å². The molecule has 0 bridgehead atoms. The number of hydrogen-bond donors (Lipinski definition) is 0. The van der Waals surface area contributed by atoms with E-state index in [9.17, 15) is 0 Å². The fourth-order valence-corrected chi connectivity index (χ4v) is 8.01. The van der Waals surface area contributed by atoms with Crippen molar-refractivity contribution < 1.29 is 0 Å². The van der Waals surface area contributed by atoms with Crippen LogP contribution in [0.1, 0.15) is 22.3 Å². The molecule has 1 aliphatic carbocycles. The number of halogens is 1. The molecule has 0 amide bonds. The first-order valence-corrected chi connectivity index (χ1v) is 14.4. The molecule has 1 atom stereocenters. The van der Waals surface area contributed by atoms with Crippen molar-refractivity contribution >= 4 is 43.1 Å². The van der Waals surface area contributed by atoms with Gasteiger partial charge in [-0.05, 0) is 62.7 Å². The van der Waals surface area contributed by atoms with Crippen LogP contribution in [0.5, 0.6) is 0 Å². The van der Waals surface area contributed by atoms with Crippen LogP contribution in [0, 0.1) is 0 Å². The van der Waals surface area contributed by atoms with Gasteiger partial charge in [0.05, 0.1) is 5.41 Å². The minimum Gasteiger partial charge on any atom is -0.135 e. The Morgan fingerprint density at radius 1 is 0.487 bits per heavy atom. The minimum atomic E-state index is -0.444. The molecule has 0 radical (unpaired) electrons. The van der Waals surface area contributed by atoms with Crippen LogP contribution in [0.3, 0.4) is 0 Å². The summed E-state index contributed by atoms with van der Waals surface area (Å²) in [6, 6.07) is 50.6. The standard InChI is InChI=1S/C37H23ClS/c38-27-21-22-30-29-11-4-6-15-33(29)37(34(30)23-27,25-9-2-1-3-10-25)26-19-17-24(18-20-26)28-13-8-14-32-31-12-5-7-16-35(31)39-36(28)32/h1-23H. The van der Waals surface area contributed by atoms with Gasteiger partial charge >= 0.3 is 0 Å². The van der Waals surface area contributed by atoms with E-state index in [1.165, 1.54) is 64.7 Å². The normalized spacial score (nSPS) is 15.9. The summed E-state index contributed by atoms with van der Waals surface area (Å²) >= 11 is 8.54. The highest BCUT2D eigenvalue weighted by atomic mass is 35.5. The van der Waals surface area contributed by atoms with Crippen LogP contribution in [-0.4, -0.2) is 0 Å². The Morgan fingerprint density at radius 2 is 1.15 bits per heavy atom. The number of fused-ring (bicyclic) bond motifs is 6. The van der Waals surface area contributed by atoms with Gasteiger partial charge in [-0.3, -0.25) is 0 Å². The van der Waals surface area contributed by atoms with Gasteiger partial charge in [0.15, 0.2) is 0 Å². The van der Waals surface area contributed by atoms with Crippen LogP contribution < -0.4 is 0 Å². The number of benzene rings is 6.